The Morgan fingerprint density at radius 3 is 2.58 bits per heavy atom. The zero-order valence-electron chi connectivity index (χ0n) is 12.1. The SMILES string of the molecule is CC(C)(C)OC(=O)N1CC(CO)OCC12CCCC2. The number of ether oxygens (including phenoxy) is 2. The second kappa shape index (κ2) is 5.29. The summed E-state index contributed by atoms with van der Waals surface area (Å²) in [4.78, 5) is 14.2. The van der Waals surface area contributed by atoms with Crippen molar-refractivity contribution in [2.75, 3.05) is 19.8 Å². The van der Waals surface area contributed by atoms with Gasteiger partial charge in [0.25, 0.3) is 0 Å². The van der Waals surface area contributed by atoms with Gasteiger partial charge in [-0.05, 0) is 33.6 Å². The number of hydrogen-bond donors (Lipinski definition) is 1. The average molecular weight is 271 g/mol. The van der Waals surface area contributed by atoms with E-state index in [1.807, 2.05) is 20.8 Å². The molecular formula is C14H25NO4. The highest BCUT2D eigenvalue weighted by atomic mass is 16.6. The van der Waals surface area contributed by atoms with Crippen LogP contribution in [0.5, 0.6) is 0 Å². The number of nitrogens with zero attached hydrogens (tertiary/aromatic N) is 1. The largest absolute Gasteiger partial charge is 0.444 e. The quantitative estimate of drug-likeness (QED) is 0.791. The Morgan fingerprint density at radius 2 is 2.05 bits per heavy atom. The molecule has 1 N–H and O–H groups in total. The lowest BCUT2D eigenvalue weighted by atomic mass is 9.94. The van der Waals surface area contributed by atoms with E-state index in [9.17, 15) is 9.90 Å². The maximum atomic E-state index is 12.4. The highest BCUT2D eigenvalue weighted by Crippen LogP contribution is 2.39. The molecule has 2 rings (SSSR count). The van der Waals surface area contributed by atoms with Gasteiger partial charge in [-0.1, -0.05) is 12.8 Å². The Balaban J connectivity index is 2.13. The Labute approximate surface area is 114 Å². The van der Waals surface area contributed by atoms with E-state index in [2.05, 4.69) is 0 Å². The lowest BCUT2D eigenvalue weighted by molar-refractivity contribution is -0.120. The summed E-state index contributed by atoms with van der Waals surface area (Å²) in [6.07, 6.45) is 3.59. The monoisotopic (exact) mass is 271 g/mol. The van der Waals surface area contributed by atoms with E-state index in [0.717, 1.165) is 25.7 Å². The molecule has 0 bridgehead atoms. The van der Waals surface area contributed by atoms with Crippen LogP contribution < -0.4 is 0 Å². The summed E-state index contributed by atoms with van der Waals surface area (Å²) >= 11 is 0. The smallest absolute Gasteiger partial charge is 0.410 e. The first-order valence-corrected chi connectivity index (χ1v) is 7.09. The van der Waals surface area contributed by atoms with E-state index >= 15 is 0 Å². The van der Waals surface area contributed by atoms with Gasteiger partial charge in [0.2, 0.25) is 0 Å². The minimum Gasteiger partial charge on any atom is -0.444 e. The van der Waals surface area contributed by atoms with E-state index < -0.39 is 5.60 Å². The molecule has 1 unspecified atom stereocenters. The number of carbonyl (C=O) groups excluding carboxylic acids is 1. The van der Waals surface area contributed by atoms with Gasteiger partial charge in [-0.25, -0.2) is 4.79 Å². The van der Waals surface area contributed by atoms with E-state index in [0.29, 0.717) is 13.2 Å². The normalized spacial score (nSPS) is 26.7. The maximum Gasteiger partial charge on any atom is 0.410 e. The van der Waals surface area contributed by atoms with Crippen molar-refractivity contribution in [2.24, 2.45) is 0 Å². The molecule has 19 heavy (non-hydrogen) atoms. The van der Waals surface area contributed by atoms with Crippen LogP contribution in [0.4, 0.5) is 4.79 Å². The van der Waals surface area contributed by atoms with Gasteiger partial charge in [-0.15, -0.1) is 0 Å². The van der Waals surface area contributed by atoms with E-state index in [4.69, 9.17) is 9.47 Å². The van der Waals surface area contributed by atoms with E-state index in [1.165, 1.54) is 0 Å². The third kappa shape index (κ3) is 3.20. The Morgan fingerprint density at radius 1 is 1.42 bits per heavy atom. The van der Waals surface area contributed by atoms with Gasteiger partial charge >= 0.3 is 6.09 Å². The van der Waals surface area contributed by atoms with Gasteiger partial charge in [-0.3, -0.25) is 4.90 Å². The summed E-state index contributed by atoms with van der Waals surface area (Å²) < 4.78 is 11.2. The molecule has 110 valence electrons. The number of carbonyl (C=O) groups is 1. The van der Waals surface area contributed by atoms with Gasteiger partial charge in [-0.2, -0.15) is 0 Å². The second-order valence-corrected chi connectivity index (χ2v) is 6.64. The van der Waals surface area contributed by atoms with Gasteiger partial charge in [0.15, 0.2) is 0 Å². The molecule has 1 atom stereocenters. The predicted molar refractivity (Wildman–Crippen MR) is 71.0 cm³/mol. The van der Waals surface area contributed by atoms with Crippen molar-refractivity contribution in [3.63, 3.8) is 0 Å². The van der Waals surface area contributed by atoms with Crippen LogP contribution in [-0.4, -0.2) is 53.1 Å². The lowest BCUT2D eigenvalue weighted by Gasteiger charge is -2.47. The maximum absolute atomic E-state index is 12.4. The second-order valence-electron chi connectivity index (χ2n) is 6.64. The van der Waals surface area contributed by atoms with Crippen LogP contribution >= 0.6 is 0 Å². The van der Waals surface area contributed by atoms with Crippen molar-refractivity contribution in [3.05, 3.63) is 0 Å². The number of rotatable bonds is 1. The third-order valence-corrected chi connectivity index (χ3v) is 3.90. The minimum absolute atomic E-state index is 0.0601. The fourth-order valence-corrected chi connectivity index (χ4v) is 2.94. The van der Waals surface area contributed by atoms with Crippen molar-refractivity contribution >= 4 is 6.09 Å². The number of morpholine rings is 1. The van der Waals surface area contributed by atoms with Crippen molar-refractivity contribution in [2.45, 2.75) is 63.7 Å². The van der Waals surface area contributed by atoms with Crippen molar-refractivity contribution < 1.29 is 19.4 Å². The molecule has 1 heterocycles. The molecule has 0 radical (unpaired) electrons. The summed E-state index contributed by atoms with van der Waals surface area (Å²) in [5.41, 5.74) is -0.710. The molecular weight excluding hydrogens is 246 g/mol. The molecule has 1 spiro atoms. The molecule has 5 nitrogen and oxygen atoms in total. The minimum atomic E-state index is -0.496. The predicted octanol–water partition coefficient (Wildman–Crippen LogP) is 1.93. The summed E-state index contributed by atoms with van der Waals surface area (Å²) in [7, 11) is 0. The highest BCUT2D eigenvalue weighted by Gasteiger charge is 2.47. The van der Waals surface area contributed by atoms with Crippen LogP contribution in [0.15, 0.2) is 0 Å². The molecule has 0 aromatic carbocycles. The van der Waals surface area contributed by atoms with E-state index in [-0.39, 0.29) is 24.3 Å². The zero-order valence-corrected chi connectivity index (χ0v) is 12.1. The molecule has 0 aromatic rings. The molecule has 1 aliphatic heterocycles. The first kappa shape index (κ1) is 14.6. The van der Waals surface area contributed by atoms with Crippen molar-refractivity contribution in [3.8, 4) is 0 Å². The lowest BCUT2D eigenvalue weighted by Crippen LogP contribution is -2.61. The summed E-state index contributed by atoms with van der Waals surface area (Å²) in [5.74, 6) is 0. The molecule has 1 saturated carbocycles. The Bertz CT molecular complexity index is 331. The van der Waals surface area contributed by atoms with E-state index in [1.54, 1.807) is 4.90 Å². The van der Waals surface area contributed by atoms with Crippen molar-refractivity contribution in [1.82, 2.24) is 4.90 Å². The zero-order chi connectivity index (χ0) is 14.1. The van der Waals surface area contributed by atoms with Crippen LogP contribution in [-0.2, 0) is 9.47 Å². The molecule has 1 amide bonds. The standard InChI is InChI=1S/C14H25NO4/c1-13(2,3)19-12(17)15-8-11(9-16)18-10-14(15)6-4-5-7-14/h11,16H,4-10H2,1-3H3. The summed E-state index contributed by atoms with van der Waals surface area (Å²) in [5, 5.41) is 9.25. The summed E-state index contributed by atoms with van der Waals surface area (Å²) in [6, 6.07) is 0. The van der Waals surface area contributed by atoms with Gasteiger partial charge < -0.3 is 14.6 Å². The van der Waals surface area contributed by atoms with Crippen LogP contribution in [0.3, 0.4) is 0 Å². The number of amides is 1. The molecule has 2 aliphatic rings. The third-order valence-electron chi connectivity index (χ3n) is 3.90. The van der Waals surface area contributed by atoms with Crippen LogP contribution in [0.25, 0.3) is 0 Å². The molecule has 5 heteroatoms. The Hall–Kier alpha value is -0.810. The van der Waals surface area contributed by atoms with Gasteiger partial charge in [0, 0.05) is 0 Å². The highest BCUT2D eigenvalue weighted by molar-refractivity contribution is 5.69. The first-order chi connectivity index (χ1) is 8.86. The summed E-state index contributed by atoms with van der Waals surface area (Å²) in [6.45, 7) is 6.49. The topological polar surface area (TPSA) is 59.0 Å². The fourth-order valence-electron chi connectivity index (χ4n) is 2.94. The van der Waals surface area contributed by atoms with Crippen LogP contribution in [0.2, 0.25) is 0 Å². The fraction of sp³-hybridized carbons (Fsp3) is 0.929. The number of hydrogen-bond acceptors (Lipinski definition) is 4. The van der Waals surface area contributed by atoms with Crippen LogP contribution in [0.1, 0.15) is 46.5 Å². The first-order valence-electron chi connectivity index (χ1n) is 7.09. The van der Waals surface area contributed by atoms with Crippen molar-refractivity contribution in [1.29, 1.82) is 0 Å². The molecule has 1 saturated heterocycles. The average Bonchev–Trinajstić information content (AvgIpc) is 2.76. The van der Waals surface area contributed by atoms with Gasteiger partial charge in [0.1, 0.15) is 5.60 Å². The molecule has 2 fully saturated rings. The van der Waals surface area contributed by atoms with Crippen LogP contribution in [0, 0.1) is 0 Å². The van der Waals surface area contributed by atoms with Gasteiger partial charge in [0.05, 0.1) is 31.4 Å². The molecule has 0 aromatic heterocycles. The number of aliphatic hydroxyl groups is 1. The number of aliphatic hydroxyl groups excluding tert-OH is 1. The molecule has 1 aliphatic carbocycles. The Kier molecular flexibility index (Phi) is 4.06.